The van der Waals surface area contributed by atoms with Crippen LogP contribution >= 0.6 is 0 Å². The van der Waals surface area contributed by atoms with Gasteiger partial charge in [0.15, 0.2) is 0 Å². The van der Waals surface area contributed by atoms with E-state index >= 15 is 0 Å². The second-order valence-electron chi connectivity index (χ2n) is 6.26. The molecule has 0 aromatic rings. The van der Waals surface area contributed by atoms with Crippen LogP contribution in [0.1, 0.15) is 38.5 Å². The van der Waals surface area contributed by atoms with E-state index in [1.165, 1.54) is 32.4 Å². The SMILES string of the molecule is NC1(C(=O)O)CCC(N2CC3CCCC3C2)C1. The Morgan fingerprint density at radius 1 is 1.24 bits per heavy atom. The maximum absolute atomic E-state index is 11.1. The molecule has 0 spiro atoms. The van der Waals surface area contributed by atoms with E-state index < -0.39 is 11.5 Å². The highest BCUT2D eigenvalue weighted by molar-refractivity contribution is 5.79. The van der Waals surface area contributed by atoms with Gasteiger partial charge < -0.3 is 10.8 Å². The molecule has 0 aromatic carbocycles. The number of hydrogen-bond donors (Lipinski definition) is 2. The highest BCUT2D eigenvalue weighted by atomic mass is 16.4. The highest BCUT2D eigenvalue weighted by Gasteiger charge is 2.47. The van der Waals surface area contributed by atoms with Gasteiger partial charge in [-0.15, -0.1) is 0 Å². The Kier molecular flexibility index (Phi) is 2.67. The molecule has 2 aliphatic carbocycles. The van der Waals surface area contributed by atoms with Crippen LogP contribution < -0.4 is 5.73 Å². The standard InChI is InChI=1S/C13H22N2O2/c14-13(12(16)17)5-4-11(6-13)15-7-9-2-1-3-10(9)8-15/h9-11H,1-8,14H2,(H,16,17). The number of hydrogen-bond acceptors (Lipinski definition) is 3. The number of carbonyl (C=O) groups is 1. The number of nitrogens with two attached hydrogens (primary N) is 1. The van der Waals surface area contributed by atoms with E-state index in [-0.39, 0.29) is 0 Å². The molecule has 0 amide bonds. The van der Waals surface area contributed by atoms with Gasteiger partial charge in [-0.2, -0.15) is 0 Å². The number of carboxylic acids is 1. The minimum atomic E-state index is -0.956. The quantitative estimate of drug-likeness (QED) is 0.754. The van der Waals surface area contributed by atoms with Crippen molar-refractivity contribution in [3.8, 4) is 0 Å². The Morgan fingerprint density at radius 3 is 2.41 bits per heavy atom. The summed E-state index contributed by atoms with van der Waals surface area (Å²) < 4.78 is 0. The van der Waals surface area contributed by atoms with Crippen molar-refractivity contribution in [1.82, 2.24) is 4.90 Å². The van der Waals surface area contributed by atoms with Gasteiger partial charge in [-0.1, -0.05) is 6.42 Å². The number of carboxylic acid groups (broad SMARTS) is 1. The number of aliphatic carboxylic acids is 1. The maximum Gasteiger partial charge on any atom is 0.323 e. The van der Waals surface area contributed by atoms with Crippen molar-refractivity contribution in [2.24, 2.45) is 17.6 Å². The van der Waals surface area contributed by atoms with E-state index in [4.69, 9.17) is 10.8 Å². The molecule has 3 N–H and O–H groups in total. The van der Waals surface area contributed by atoms with Crippen LogP contribution in [0.15, 0.2) is 0 Å². The molecular formula is C13H22N2O2. The molecule has 2 saturated carbocycles. The Labute approximate surface area is 102 Å². The van der Waals surface area contributed by atoms with Crippen molar-refractivity contribution in [2.45, 2.75) is 50.1 Å². The lowest BCUT2D eigenvalue weighted by atomic mass is 9.99. The molecule has 17 heavy (non-hydrogen) atoms. The van der Waals surface area contributed by atoms with E-state index in [0.29, 0.717) is 18.9 Å². The van der Waals surface area contributed by atoms with Gasteiger partial charge in [0.25, 0.3) is 0 Å². The Bertz CT molecular complexity index is 321. The molecule has 0 radical (unpaired) electrons. The van der Waals surface area contributed by atoms with Gasteiger partial charge in [0, 0.05) is 19.1 Å². The Morgan fingerprint density at radius 2 is 1.88 bits per heavy atom. The van der Waals surface area contributed by atoms with Crippen LogP contribution in [0.3, 0.4) is 0 Å². The molecule has 3 aliphatic rings. The van der Waals surface area contributed by atoms with E-state index in [9.17, 15) is 4.79 Å². The molecular weight excluding hydrogens is 216 g/mol. The zero-order chi connectivity index (χ0) is 12.0. The van der Waals surface area contributed by atoms with Crippen LogP contribution in [0, 0.1) is 11.8 Å². The third kappa shape index (κ3) is 1.87. The van der Waals surface area contributed by atoms with Gasteiger partial charge in [-0.25, -0.2) is 0 Å². The van der Waals surface area contributed by atoms with Gasteiger partial charge >= 0.3 is 5.97 Å². The summed E-state index contributed by atoms with van der Waals surface area (Å²) in [4.78, 5) is 13.7. The fraction of sp³-hybridized carbons (Fsp3) is 0.923. The largest absolute Gasteiger partial charge is 0.480 e. The predicted octanol–water partition coefficient (Wildman–Crippen LogP) is 1.05. The van der Waals surface area contributed by atoms with Gasteiger partial charge in [0.1, 0.15) is 5.54 Å². The number of rotatable bonds is 2. The first kappa shape index (κ1) is 11.5. The smallest absolute Gasteiger partial charge is 0.323 e. The zero-order valence-corrected chi connectivity index (χ0v) is 10.3. The van der Waals surface area contributed by atoms with Crippen LogP contribution in [-0.2, 0) is 4.79 Å². The van der Waals surface area contributed by atoms with Crippen LogP contribution in [0.25, 0.3) is 0 Å². The zero-order valence-electron chi connectivity index (χ0n) is 10.3. The summed E-state index contributed by atoms with van der Waals surface area (Å²) in [6.07, 6.45) is 6.38. The van der Waals surface area contributed by atoms with Crippen molar-refractivity contribution in [3.05, 3.63) is 0 Å². The number of likely N-dealkylation sites (tertiary alicyclic amines) is 1. The maximum atomic E-state index is 11.1. The lowest BCUT2D eigenvalue weighted by Crippen LogP contribution is -2.47. The van der Waals surface area contributed by atoms with Crippen LogP contribution in [0.5, 0.6) is 0 Å². The molecule has 4 nitrogen and oxygen atoms in total. The minimum Gasteiger partial charge on any atom is -0.480 e. The normalized spacial score (nSPS) is 46.3. The summed E-state index contributed by atoms with van der Waals surface area (Å²) in [6, 6.07) is 0.418. The first-order valence-electron chi connectivity index (χ1n) is 6.85. The minimum absolute atomic E-state index is 0.418. The summed E-state index contributed by atoms with van der Waals surface area (Å²) in [5.74, 6) is 0.944. The van der Waals surface area contributed by atoms with Crippen LogP contribution in [0.2, 0.25) is 0 Å². The van der Waals surface area contributed by atoms with Gasteiger partial charge in [0.2, 0.25) is 0 Å². The monoisotopic (exact) mass is 238 g/mol. The molecule has 3 rings (SSSR count). The van der Waals surface area contributed by atoms with Crippen molar-refractivity contribution >= 4 is 5.97 Å². The molecule has 1 aliphatic heterocycles. The van der Waals surface area contributed by atoms with Gasteiger partial charge in [0.05, 0.1) is 0 Å². The van der Waals surface area contributed by atoms with Crippen molar-refractivity contribution in [1.29, 1.82) is 0 Å². The molecule has 4 atom stereocenters. The molecule has 1 saturated heterocycles. The molecule has 0 aromatic heterocycles. The second kappa shape index (κ2) is 3.95. The summed E-state index contributed by atoms with van der Waals surface area (Å²) in [6.45, 7) is 2.37. The third-order valence-corrected chi connectivity index (χ3v) is 5.22. The van der Waals surface area contributed by atoms with Gasteiger partial charge in [-0.05, 0) is 43.9 Å². The summed E-state index contributed by atoms with van der Waals surface area (Å²) in [5, 5.41) is 9.15. The first-order valence-corrected chi connectivity index (χ1v) is 6.85. The third-order valence-electron chi connectivity index (χ3n) is 5.22. The van der Waals surface area contributed by atoms with Crippen molar-refractivity contribution in [3.63, 3.8) is 0 Å². The summed E-state index contributed by atoms with van der Waals surface area (Å²) >= 11 is 0. The summed E-state index contributed by atoms with van der Waals surface area (Å²) in [7, 11) is 0. The van der Waals surface area contributed by atoms with E-state index in [1.807, 2.05) is 0 Å². The molecule has 4 heteroatoms. The highest BCUT2D eigenvalue weighted by Crippen LogP contribution is 2.41. The lowest BCUT2D eigenvalue weighted by molar-refractivity contribution is -0.143. The molecule has 96 valence electrons. The average Bonchev–Trinajstić information content (AvgIpc) is 2.89. The van der Waals surface area contributed by atoms with Crippen molar-refractivity contribution < 1.29 is 9.90 Å². The lowest BCUT2D eigenvalue weighted by Gasteiger charge is -2.26. The fourth-order valence-corrected chi connectivity index (χ4v) is 4.12. The molecule has 0 bridgehead atoms. The predicted molar refractivity (Wildman–Crippen MR) is 64.6 cm³/mol. The van der Waals surface area contributed by atoms with E-state index in [1.54, 1.807) is 0 Å². The average molecular weight is 238 g/mol. The Balaban J connectivity index is 1.62. The second-order valence-corrected chi connectivity index (χ2v) is 6.26. The van der Waals surface area contributed by atoms with E-state index in [0.717, 1.165) is 18.3 Å². The molecule has 4 unspecified atom stereocenters. The number of fused-ring (bicyclic) bond motifs is 1. The van der Waals surface area contributed by atoms with E-state index in [2.05, 4.69) is 4.90 Å². The molecule has 1 heterocycles. The topological polar surface area (TPSA) is 66.6 Å². The molecule has 3 fully saturated rings. The van der Waals surface area contributed by atoms with Crippen LogP contribution in [0.4, 0.5) is 0 Å². The summed E-state index contributed by atoms with van der Waals surface area (Å²) in [5.41, 5.74) is 4.99. The van der Waals surface area contributed by atoms with Gasteiger partial charge in [-0.3, -0.25) is 9.69 Å². The first-order chi connectivity index (χ1) is 8.08. The number of nitrogens with zero attached hydrogens (tertiary/aromatic N) is 1. The van der Waals surface area contributed by atoms with Crippen LogP contribution in [-0.4, -0.2) is 40.6 Å². The fourth-order valence-electron chi connectivity index (χ4n) is 4.12. The van der Waals surface area contributed by atoms with Crippen molar-refractivity contribution in [2.75, 3.05) is 13.1 Å². The Hall–Kier alpha value is -0.610.